The number of carbonyl (C=O) groups is 1. The lowest BCUT2D eigenvalue weighted by Crippen LogP contribution is -2.25. The molecule has 0 unspecified atom stereocenters. The molecule has 164 valence electrons. The molecular formula is C22H25N3O5S. The number of benzene rings is 2. The lowest BCUT2D eigenvalue weighted by atomic mass is 10.1. The third-order valence-electron chi connectivity index (χ3n) is 4.69. The highest BCUT2D eigenvalue weighted by molar-refractivity contribution is 7.92. The van der Waals surface area contributed by atoms with Gasteiger partial charge in [0, 0.05) is 5.56 Å². The Bertz CT molecular complexity index is 1170. The Balaban J connectivity index is 1.73. The van der Waals surface area contributed by atoms with E-state index < -0.39 is 10.0 Å². The molecule has 1 aromatic heterocycles. The van der Waals surface area contributed by atoms with Crippen molar-refractivity contribution in [3.8, 4) is 17.2 Å². The standard InChI is InChI=1S/C22H25N3O5S/c1-4-31(27,28)25-18-11-7-6-10-17(18)22-24-19(15(2)30-22)14-23-21(26)13-16-9-5-8-12-20(16)29-3/h5-12,25H,4,13-14H2,1-3H3,(H,23,26). The highest BCUT2D eigenvalue weighted by atomic mass is 32.2. The number of anilines is 1. The van der Waals surface area contributed by atoms with Gasteiger partial charge in [-0.05, 0) is 32.0 Å². The van der Waals surface area contributed by atoms with Gasteiger partial charge in [-0.3, -0.25) is 9.52 Å². The number of methoxy groups -OCH3 is 1. The predicted molar refractivity (Wildman–Crippen MR) is 118 cm³/mol. The Morgan fingerprint density at radius 1 is 1.13 bits per heavy atom. The largest absolute Gasteiger partial charge is 0.496 e. The van der Waals surface area contributed by atoms with Crippen LogP contribution >= 0.6 is 0 Å². The molecule has 0 saturated heterocycles. The first-order valence-electron chi connectivity index (χ1n) is 9.77. The molecule has 3 aromatic rings. The van der Waals surface area contributed by atoms with Gasteiger partial charge in [0.25, 0.3) is 0 Å². The van der Waals surface area contributed by atoms with Crippen LogP contribution in [0.2, 0.25) is 0 Å². The Labute approximate surface area is 181 Å². The summed E-state index contributed by atoms with van der Waals surface area (Å²) in [7, 11) is -1.89. The third-order valence-corrected chi connectivity index (χ3v) is 5.98. The fraction of sp³-hybridized carbons (Fsp3) is 0.273. The van der Waals surface area contributed by atoms with Gasteiger partial charge in [-0.2, -0.15) is 0 Å². The molecular weight excluding hydrogens is 418 g/mol. The van der Waals surface area contributed by atoms with Gasteiger partial charge in [0.1, 0.15) is 17.2 Å². The first kappa shape index (κ1) is 22.4. The summed E-state index contributed by atoms with van der Waals surface area (Å²) in [5.41, 5.74) is 2.26. The van der Waals surface area contributed by atoms with Crippen LogP contribution in [0.5, 0.6) is 5.75 Å². The van der Waals surface area contributed by atoms with Crippen LogP contribution in [-0.4, -0.2) is 32.2 Å². The number of sulfonamides is 1. The second-order valence-corrected chi connectivity index (χ2v) is 8.85. The van der Waals surface area contributed by atoms with Gasteiger partial charge in [0.05, 0.1) is 37.1 Å². The van der Waals surface area contributed by atoms with E-state index in [1.54, 1.807) is 51.3 Å². The highest BCUT2D eigenvalue weighted by Gasteiger charge is 2.18. The smallest absolute Gasteiger partial charge is 0.232 e. The normalized spacial score (nSPS) is 11.2. The summed E-state index contributed by atoms with van der Waals surface area (Å²) < 4.78 is 37.5. The Kier molecular flexibility index (Phi) is 6.96. The fourth-order valence-corrected chi connectivity index (χ4v) is 3.63. The molecule has 0 spiro atoms. The lowest BCUT2D eigenvalue weighted by molar-refractivity contribution is -0.120. The van der Waals surface area contributed by atoms with Crippen molar-refractivity contribution in [3.63, 3.8) is 0 Å². The molecule has 8 nitrogen and oxygen atoms in total. The van der Waals surface area contributed by atoms with Crippen LogP contribution in [0.25, 0.3) is 11.5 Å². The molecule has 1 heterocycles. The Morgan fingerprint density at radius 3 is 2.58 bits per heavy atom. The molecule has 0 saturated carbocycles. The number of ether oxygens (including phenoxy) is 1. The number of carbonyl (C=O) groups excluding carboxylic acids is 1. The van der Waals surface area contributed by atoms with Crippen molar-refractivity contribution in [2.45, 2.75) is 26.8 Å². The lowest BCUT2D eigenvalue weighted by Gasteiger charge is -2.09. The van der Waals surface area contributed by atoms with Gasteiger partial charge in [0.15, 0.2) is 0 Å². The summed E-state index contributed by atoms with van der Waals surface area (Å²) in [6.07, 6.45) is 0.176. The molecule has 9 heteroatoms. The van der Waals surface area contributed by atoms with Crippen molar-refractivity contribution in [2.75, 3.05) is 17.6 Å². The number of nitrogens with zero attached hydrogens (tertiary/aromatic N) is 1. The second kappa shape index (κ2) is 9.65. The molecule has 0 aliphatic carbocycles. The number of aryl methyl sites for hydroxylation is 1. The maximum atomic E-state index is 12.4. The number of hydrogen-bond acceptors (Lipinski definition) is 6. The number of amides is 1. The zero-order valence-electron chi connectivity index (χ0n) is 17.6. The minimum Gasteiger partial charge on any atom is -0.496 e. The van der Waals surface area contributed by atoms with Crippen LogP contribution in [0.3, 0.4) is 0 Å². The zero-order valence-corrected chi connectivity index (χ0v) is 18.5. The maximum absolute atomic E-state index is 12.4. The van der Waals surface area contributed by atoms with E-state index in [0.29, 0.717) is 28.5 Å². The average Bonchev–Trinajstić information content (AvgIpc) is 3.13. The number of nitrogens with one attached hydrogen (secondary N) is 2. The topological polar surface area (TPSA) is 111 Å². The summed E-state index contributed by atoms with van der Waals surface area (Å²) >= 11 is 0. The zero-order chi connectivity index (χ0) is 22.4. The van der Waals surface area contributed by atoms with Gasteiger partial charge in [-0.15, -0.1) is 0 Å². The molecule has 2 N–H and O–H groups in total. The summed E-state index contributed by atoms with van der Waals surface area (Å²) in [5, 5.41) is 2.84. The van der Waals surface area contributed by atoms with E-state index in [-0.39, 0.29) is 30.5 Å². The molecule has 0 radical (unpaired) electrons. The number of aromatic nitrogens is 1. The van der Waals surface area contributed by atoms with Gasteiger partial charge in [-0.1, -0.05) is 30.3 Å². The van der Waals surface area contributed by atoms with Gasteiger partial charge in [-0.25, -0.2) is 13.4 Å². The summed E-state index contributed by atoms with van der Waals surface area (Å²) in [4.78, 5) is 16.9. The van der Waals surface area contributed by atoms with Gasteiger partial charge < -0.3 is 14.5 Å². The first-order chi connectivity index (χ1) is 14.8. The van der Waals surface area contributed by atoms with Crippen LogP contribution < -0.4 is 14.8 Å². The van der Waals surface area contributed by atoms with Crippen molar-refractivity contribution in [1.29, 1.82) is 0 Å². The number of para-hydroxylation sites is 2. The number of oxazole rings is 1. The van der Waals surface area contributed by atoms with Crippen LogP contribution in [0.15, 0.2) is 52.9 Å². The minimum absolute atomic E-state index is 0.0462. The van der Waals surface area contributed by atoms with Crippen LogP contribution in [0.1, 0.15) is 23.9 Å². The third kappa shape index (κ3) is 5.64. The maximum Gasteiger partial charge on any atom is 0.232 e. The van der Waals surface area contributed by atoms with E-state index in [1.165, 1.54) is 0 Å². The molecule has 1 amide bonds. The molecule has 3 rings (SSSR count). The van der Waals surface area contributed by atoms with E-state index in [0.717, 1.165) is 5.56 Å². The average molecular weight is 444 g/mol. The summed E-state index contributed by atoms with van der Waals surface area (Å²) in [5.74, 6) is 1.25. The molecule has 0 aliphatic heterocycles. The van der Waals surface area contributed by atoms with Crippen molar-refractivity contribution in [2.24, 2.45) is 0 Å². The van der Waals surface area contributed by atoms with Gasteiger partial charge in [0.2, 0.25) is 21.8 Å². The van der Waals surface area contributed by atoms with E-state index in [9.17, 15) is 13.2 Å². The van der Waals surface area contributed by atoms with E-state index in [2.05, 4.69) is 15.0 Å². The molecule has 0 atom stereocenters. The monoisotopic (exact) mass is 443 g/mol. The highest BCUT2D eigenvalue weighted by Crippen LogP contribution is 2.29. The SMILES string of the molecule is CCS(=O)(=O)Nc1ccccc1-c1nc(CNC(=O)Cc2ccccc2OC)c(C)o1. The molecule has 0 fully saturated rings. The second-order valence-electron chi connectivity index (χ2n) is 6.84. The number of hydrogen-bond donors (Lipinski definition) is 2. The molecule has 0 bridgehead atoms. The molecule has 31 heavy (non-hydrogen) atoms. The van der Waals surface area contributed by atoms with Crippen LogP contribution in [0, 0.1) is 6.92 Å². The van der Waals surface area contributed by atoms with E-state index in [4.69, 9.17) is 9.15 Å². The fourth-order valence-electron chi connectivity index (χ4n) is 2.97. The Hall–Kier alpha value is -3.33. The first-order valence-corrected chi connectivity index (χ1v) is 11.4. The van der Waals surface area contributed by atoms with Crippen molar-refractivity contribution in [3.05, 3.63) is 65.5 Å². The van der Waals surface area contributed by atoms with Crippen molar-refractivity contribution < 1.29 is 22.4 Å². The van der Waals surface area contributed by atoms with Crippen molar-refractivity contribution in [1.82, 2.24) is 10.3 Å². The van der Waals surface area contributed by atoms with Crippen molar-refractivity contribution >= 4 is 21.6 Å². The predicted octanol–water partition coefficient (Wildman–Crippen LogP) is 3.28. The van der Waals surface area contributed by atoms with Gasteiger partial charge >= 0.3 is 0 Å². The number of rotatable bonds is 9. The Morgan fingerprint density at radius 2 is 1.84 bits per heavy atom. The molecule has 2 aromatic carbocycles. The van der Waals surface area contributed by atoms with Crippen LogP contribution in [0.4, 0.5) is 5.69 Å². The summed E-state index contributed by atoms with van der Waals surface area (Å²) in [6.45, 7) is 3.50. The van der Waals surface area contributed by atoms with E-state index in [1.807, 2.05) is 18.2 Å². The van der Waals surface area contributed by atoms with Crippen LogP contribution in [-0.2, 0) is 27.8 Å². The molecule has 0 aliphatic rings. The minimum atomic E-state index is -3.45. The summed E-state index contributed by atoms with van der Waals surface area (Å²) in [6, 6.07) is 14.2. The van der Waals surface area contributed by atoms with E-state index >= 15 is 0 Å². The quantitative estimate of drug-likeness (QED) is 0.525.